The molecule has 0 saturated carbocycles. The first-order valence-corrected chi connectivity index (χ1v) is 5.76. The first kappa shape index (κ1) is 15.1. The molecule has 9 heteroatoms. The van der Waals surface area contributed by atoms with Gasteiger partial charge in [-0.15, -0.1) is 5.10 Å². The summed E-state index contributed by atoms with van der Waals surface area (Å²) in [6.45, 7) is 1.23. The van der Waals surface area contributed by atoms with Gasteiger partial charge in [0.05, 0.1) is 18.5 Å². The molecule has 0 aromatic carbocycles. The van der Waals surface area contributed by atoms with E-state index in [-0.39, 0.29) is 6.54 Å². The van der Waals surface area contributed by atoms with Gasteiger partial charge in [-0.1, -0.05) is 5.21 Å². The van der Waals surface area contributed by atoms with Crippen molar-refractivity contribution in [3.63, 3.8) is 0 Å². The summed E-state index contributed by atoms with van der Waals surface area (Å²) in [6.07, 6.45) is 1.64. The molecule has 1 rings (SSSR count). The summed E-state index contributed by atoms with van der Waals surface area (Å²) < 4.78 is 6.13. The third kappa shape index (κ3) is 5.93. The van der Waals surface area contributed by atoms with Crippen molar-refractivity contribution in [3.05, 3.63) is 11.9 Å². The molecule has 0 fully saturated rings. The number of carbonyl (C=O) groups excluding carboxylic acids is 2. The van der Waals surface area contributed by atoms with Crippen LogP contribution in [0.4, 0.5) is 4.79 Å². The molecule has 0 spiro atoms. The number of aromatic nitrogens is 3. The van der Waals surface area contributed by atoms with Crippen molar-refractivity contribution in [2.24, 2.45) is 0 Å². The van der Waals surface area contributed by atoms with Gasteiger partial charge in [-0.25, -0.2) is 9.48 Å². The van der Waals surface area contributed by atoms with Crippen LogP contribution in [0.1, 0.15) is 5.69 Å². The summed E-state index contributed by atoms with van der Waals surface area (Å²) in [5.74, 6) is -0.462. The fraction of sp³-hybridized carbons (Fsp3) is 0.600. The molecular weight excluding hydrogens is 252 g/mol. The van der Waals surface area contributed by atoms with Crippen LogP contribution in [0.25, 0.3) is 0 Å². The molecule has 3 N–H and O–H groups in total. The molecule has 0 aliphatic heterocycles. The highest BCUT2D eigenvalue weighted by Crippen LogP contribution is 1.91. The third-order valence-electron chi connectivity index (χ3n) is 2.09. The average molecular weight is 270 g/mol. The van der Waals surface area contributed by atoms with Gasteiger partial charge in [-0.3, -0.25) is 10.1 Å². The molecule has 0 unspecified atom stereocenters. The van der Waals surface area contributed by atoms with E-state index in [0.29, 0.717) is 19.7 Å². The van der Waals surface area contributed by atoms with E-state index in [0.717, 1.165) is 5.69 Å². The van der Waals surface area contributed by atoms with Gasteiger partial charge in [-0.05, 0) is 7.05 Å². The normalized spacial score (nSPS) is 10.2. The smallest absolute Gasteiger partial charge is 0.321 e. The van der Waals surface area contributed by atoms with Gasteiger partial charge in [0.2, 0.25) is 5.91 Å². The van der Waals surface area contributed by atoms with E-state index in [1.54, 1.807) is 13.2 Å². The zero-order valence-electron chi connectivity index (χ0n) is 11.0. The minimum absolute atomic E-state index is 0.0611. The predicted molar refractivity (Wildman–Crippen MR) is 66.2 cm³/mol. The molecule has 0 atom stereocenters. The number of nitrogens with zero attached hydrogens (tertiary/aromatic N) is 3. The van der Waals surface area contributed by atoms with E-state index in [4.69, 9.17) is 4.74 Å². The van der Waals surface area contributed by atoms with Crippen LogP contribution in [-0.2, 0) is 22.6 Å². The molecule has 106 valence electrons. The number of amides is 3. The van der Waals surface area contributed by atoms with Crippen LogP contribution < -0.4 is 16.0 Å². The monoisotopic (exact) mass is 270 g/mol. The van der Waals surface area contributed by atoms with Gasteiger partial charge in [0.1, 0.15) is 6.54 Å². The Bertz CT molecular complexity index is 419. The number of rotatable bonds is 7. The second-order valence-electron chi connectivity index (χ2n) is 3.73. The molecule has 0 saturated heterocycles. The number of carbonyl (C=O) groups is 2. The first-order chi connectivity index (χ1) is 9.15. The molecule has 0 aliphatic rings. The quantitative estimate of drug-likeness (QED) is 0.518. The molecule has 19 heavy (non-hydrogen) atoms. The van der Waals surface area contributed by atoms with Gasteiger partial charge in [0, 0.05) is 20.2 Å². The number of imide groups is 1. The van der Waals surface area contributed by atoms with E-state index in [2.05, 4.69) is 26.3 Å². The van der Waals surface area contributed by atoms with Gasteiger partial charge in [0.25, 0.3) is 0 Å². The van der Waals surface area contributed by atoms with Crippen LogP contribution in [-0.4, -0.2) is 54.2 Å². The fourth-order valence-corrected chi connectivity index (χ4v) is 1.30. The average Bonchev–Trinajstić information content (AvgIpc) is 2.77. The molecule has 1 heterocycles. The molecular formula is C10H18N6O3. The van der Waals surface area contributed by atoms with Crippen molar-refractivity contribution >= 4 is 11.9 Å². The highest BCUT2D eigenvalue weighted by Gasteiger charge is 2.09. The van der Waals surface area contributed by atoms with Crippen LogP contribution in [0.2, 0.25) is 0 Å². The molecule has 0 radical (unpaired) electrons. The van der Waals surface area contributed by atoms with Gasteiger partial charge < -0.3 is 15.4 Å². The zero-order valence-corrected chi connectivity index (χ0v) is 11.0. The van der Waals surface area contributed by atoms with E-state index >= 15 is 0 Å². The standard InChI is InChI=1S/C10H18N6O3/c1-11-5-8-6-16(15-14-8)7-9(17)13-10(18)12-3-4-19-2/h6,11H,3-5,7H2,1-2H3,(H2,12,13,17,18). The lowest BCUT2D eigenvalue weighted by molar-refractivity contribution is -0.120. The van der Waals surface area contributed by atoms with Crippen LogP contribution in [0.15, 0.2) is 6.20 Å². The number of methoxy groups -OCH3 is 1. The number of nitrogens with one attached hydrogen (secondary N) is 3. The van der Waals surface area contributed by atoms with Crippen LogP contribution in [0.3, 0.4) is 0 Å². The lowest BCUT2D eigenvalue weighted by Crippen LogP contribution is -2.42. The lowest BCUT2D eigenvalue weighted by atomic mass is 10.5. The second kappa shape index (κ2) is 8.16. The molecule has 1 aromatic rings. The van der Waals surface area contributed by atoms with Crippen LogP contribution >= 0.6 is 0 Å². The van der Waals surface area contributed by atoms with Crippen molar-refractivity contribution in [1.29, 1.82) is 0 Å². The number of urea groups is 1. The first-order valence-electron chi connectivity index (χ1n) is 5.76. The maximum atomic E-state index is 11.5. The predicted octanol–water partition coefficient (Wildman–Crippen LogP) is -1.53. The maximum absolute atomic E-state index is 11.5. The summed E-state index contributed by atoms with van der Waals surface area (Å²) in [7, 11) is 3.31. The molecule has 0 bridgehead atoms. The van der Waals surface area contributed by atoms with Crippen molar-refractivity contribution in [3.8, 4) is 0 Å². The summed E-state index contributed by atoms with van der Waals surface area (Å²) >= 11 is 0. The SMILES string of the molecule is CNCc1cn(CC(=O)NC(=O)NCCOC)nn1. The van der Waals surface area contributed by atoms with E-state index < -0.39 is 11.9 Å². The topological polar surface area (TPSA) is 110 Å². The Balaban J connectivity index is 2.31. The number of hydrogen-bond acceptors (Lipinski definition) is 6. The van der Waals surface area contributed by atoms with E-state index in [1.165, 1.54) is 11.8 Å². The summed E-state index contributed by atoms with van der Waals surface area (Å²) in [4.78, 5) is 22.8. The van der Waals surface area contributed by atoms with Gasteiger partial charge >= 0.3 is 6.03 Å². The Labute approximate surface area is 110 Å². The van der Waals surface area contributed by atoms with Gasteiger partial charge in [0.15, 0.2) is 0 Å². The Morgan fingerprint density at radius 3 is 2.95 bits per heavy atom. The molecule has 0 aliphatic carbocycles. The number of ether oxygens (including phenoxy) is 1. The fourth-order valence-electron chi connectivity index (χ4n) is 1.30. The Kier molecular flexibility index (Phi) is 6.47. The summed E-state index contributed by atoms with van der Waals surface area (Å²) in [6, 6.07) is -0.558. The minimum atomic E-state index is -0.558. The summed E-state index contributed by atoms with van der Waals surface area (Å²) in [5, 5.41) is 15.2. The van der Waals surface area contributed by atoms with Crippen molar-refractivity contribution in [1.82, 2.24) is 30.9 Å². The van der Waals surface area contributed by atoms with Crippen molar-refractivity contribution in [2.75, 3.05) is 27.3 Å². The van der Waals surface area contributed by atoms with Gasteiger partial charge in [-0.2, -0.15) is 0 Å². The highest BCUT2D eigenvalue weighted by molar-refractivity contribution is 5.94. The van der Waals surface area contributed by atoms with E-state index in [9.17, 15) is 9.59 Å². The summed E-state index contributed by atoms with van der Waals surface area (Å²) in [5.41, 5.74) is 0.722. The Morgan fingerprint density at radius 1 is 1.47 bits per heavy atom. The maximum Gasteiger partial charge on any atom is 0.321 e. The van der Waals surface area contributed by atoms with Crippen LogP contribution in [0.5, 0.6) is 0 Å². The molecule has 3 amide bonds. The van der Waals surface area contributed by atoms with Crippen molar-refractivity contribution in [2.45, 2.75) is 13.1 Å². The Morgan fingerprint density at radius 2 is 2.26 bits per heavy atom. The third-order valence-corrected chi connectivity index (χ3v) is 2.09. The van der Waals surface area contributed by atoms with Crippen molar-refractivity contribution < 1.29 is 14.3 Å². The zero-order chi connectivity index (χ0) is 14.1. The van der Waals surface area contributed by atoms with E-state index in [1.807, 2.05) is 0 Å². The molecule has 9 nitrogen and oxygen atoms in total. The highest BCUT2D eigenvalue weighted by atomic mass is 16.5. The minimum Gasteiger partial charge on any atom is -0.383 e. The molecule has 1 aromatic heterocycles. The largest absolute Gasteiger partial charge is 0.383 e. The second-order valence-corrected chi connectivity index (χ2v) is 3.73. The van der Waals surface area contributed by atoms with Crippen LogP contribution in [0, 0.1) is 0 Å². The Hall–Kier alpha value is -2.00. The lowest BCUT2D eigenvalue weighted by Gasteiger charge is -2.05. The number of hydrogen-bond donors (Lipinski definition) is 3.